The maximum atomic E-state index is 5.69. The van der Waals surface area contributed by atoms with Gasteiger partial charge in [-0.15, -0.1) is 0 Å². The van der Waals surface area contributed by atoms with Crippen LogP contribution < -0.4 is 10.1 Å². The van der Waals surface area contributed by atoms with Crippen molar-refractivity contribution < 1.29 is 4.74 Å². The van der Waals surface area contributed by atoms with Gasteiger partial charge in [-0.3, -0.25) is 0 Å². The zero-order chi connectivity index (χ0) is 14.2. The molecule has 0 saturated heterocycles. The zero-order valence-electron chi connectivity index (χ0n) is 12.8. The van der Waals surface area contributed by atoms with E-state index in [1.165, 1.54) is 30.4 Å². The lowest BCUT2D eigenvalue weighted by molar-refractivity contribution is 0.309. The molecule has 1 saturated carbocycles. The minimum atomic E-state index is 0.777. The van der Waals surface area contributed by atoms with Crippen LogP contribution in [0.4, 0.5) is 0 Å². The van der Waals surface area contributed by atoms with Gasteiger partial charge in [0.05, 0.1) is 6.61 Å². The van der Waals surface area contributed by atoms with E-state index >= 15 is 0 Å². The number of benzene rings is 1. The molecule has 0 radical (unpaired) electrons. The second-order valence-corrected chi connectivity index (χ2v) is 5.58. The highest BCUT2D eigenvalue weighted by atomic mass is 16.5. The topological polar surface area (TPSA) is 21.3 Å². The average molecular weight is 273 g/mol. The van der Waals surface area contributed by atoms with Crippen LogP contribution in [0, 0.1) is 0 Å². The Hall–Kier alpha value is -1.28. The van der Waals surface area contributed by atoms with Gasteiger partial charge in [0, 0.05) is 12.6 Å². The van der Waals surface area contributed by atoms with Crippen LogP contribution in [0.5, 0.6) is 5.75 Å². The first kappa shape index (κ1) is 15.1. The van der Waals surface area contributed by atoms with E-state index in [1.54, 1.807) is 0 Å². The van der Waals surface area contributed by atoms with Gasteiger partial charge in [0.15, 0.2) is 0 Å². The molecule has 0 amide bonds. The third kappa shape index (κ3) is 5.38. The summed E-state index contributed by atoms with van der Waals surface area (Å²) in [6.07, 6.45) is 8.39. The van der Waals surface area contributed by atoms with Gasteiger partial charge in [-0.1, -0.05) is 44.1 Å². The number of unbranched alkanes of at least 4 members (excludes halogenated alkanes) is 1. The summed E-state index contributed by atoms with van der Waals surface area (Å²) >= 11 is 0. The second-order valence-electron chi connectivity index (χ2n) is 5.58. The Kier molecular flexibility index (Phi) is 6.13. The van der Waals surface area contributed by atoms with Crippen LogP contribution in [-0.2, 0) is 0 Å². The van der Waals surface area contributed by atoms with E-state index in [0.29, 0.717) is 0 Å². The normalized spacial score (nSPS) is 15.4. The second kappa shape index (κ2) is 8.11. The van der Waals surface area contributed by atoms with Crippen molar-refractivity contribution in [3.05, 3.63) is 35.4 Å². The fraction of sp³-hybridized carbons (Fsp3) is 0.556. The number of nitrogens with one attached hydrogen (secondary N) is 1. The molecule has 0 unspecified atom stereocenters. The molecule has 0 bridgehead atoms. The van der Waals surface area contributed by atoms with Crippen LogP contribution in [0.3, 0.4) is 0 Å². The van der Waals surface area contributed by atoms with E-state index in [2.05, 4.69) is 49.5 Å². The van der Waals surface area contributed by atoms with Crippen LogP contribution >= 0.6 is 0 Å². The van der Waals surface area contributed by atoms with Crippen LogP contribution in [0.1, 0.15) is 51.5 Å². The molecule has 1 aromatic rings. The van der Waals surface area contributed by atoms with Gasteiger partial charge in [-0.05, 0) is 43.4 Å². The van der Waals surface area contributed by atoms with Gasteiger partial charge in [-0.2, -0.15) is 0 Å². The van der Waals surface area contributed by atoms with Gasteiger partial charge in [-0.25, -0.2) is 0 Å². The van der Waals surface area contributed by atoms with E-state index in [-0.39, 0.29) is 0 Å². The predicted octanol–water partition coefficient (Wildman–Crippen LogP) is 4.41. The first-order valence-corrected chi connectivity index (χ1v) is 7.97. The number of hydrogen-bond acceptors (Lipinski definition) is 2. The number of rotatable bonds is 9. The Morgan fingerprint density at radius 2 is 2.00 bits per heavy atom. The summed E-state index contributed by atoms with van der Waals surface area (Å²) < 4.78 is 5.69. The van der Waals surface area contributed by atoms with Crippen molar-refractivity contribution in [1.82, 2.24) is 5.32 Å². The molecule has 1 fully saturated rings. The molecule has 2 rings (SSSR count). The molecule has 1 aromatic carbocycles. The van der Waals surface area contributed by atoms with Gasteiger partial charge in [0.1, 0.15) is 5.75 Å². The molecule has 20 heavy (non-hydrogen) atoms. The summed E-state index contributed by atoms with van der Waals surface area (Å²) in [5.74, 6) is 0.977. The summed E-state index contributed by atoms with van der Waals surface area (Å²) in [5, 5.41) is 3.58. The smallest absolute Gasteiger partial charge is 0.119 e. The zero-order valence-corrected chi connectivity index (χ0v) is 12.8. The Balaban J connectivity index is 1.86. The lowest BCUT2D eigenvalue weighted by Crippen LogP contribution is -2.18. The van der Waals surface area contributed by atoms with Crippen molar-refractivity contribution in [1.29, 1.82) is 0 Å². The molecular weight excluding hydrogens is 246 g/mol. The maximum Gasteiger partial charge on any atom is 0.119 e. The Bertz CT molecular complexity index is 418. The quantitative estimate of drug-likeness (QED) is 0.673. The molecule has 0 spiro atoms. The van der Waals surface area contributed by atoms with E-state index in [0.717, 1.165) is 37.8 Å². The Morgan fingerprint density at radius 3 is 2.60 bits per heavy atom. The average Bonchev–Trinajstić information content (AvgIpc) is 3.29. The number of ether oxygens (including phenoxy) is 1. The minimum Gasteiger partial charge on any atom is -0.494 e. The monoisotopic (exact) mass is 273 g/mol. The van der Waals surface area contributed by atoms with Crippen molar-refractivity contribution in [2.24, 2.45) is 0 Å². The van der Waals surface area contributed by atoms with Crippen molar-refractivity contribution in [2.45, 2.75) is 52.0 Å². The summed E-state index contributed by atoms with van der Waals surface area (Å²) in [6, 6.07) is 9.22. The summed E-state index contributed by atoms with van der Waals surface area (Å²) in [6.45, 7) is 6.25. The lowest BCUT2D eigenvalue weighted by atomic mass is 10.1. The highest BCUT2D eigenvalue weighted by molar-refractivity contribution is 5.54. The van der Waals surface area contributed by atoms with Crippen LogP contribution in [-0.4, -0.2) is 19.2 Å². The van der Waals surface area contributed by atoms with Crippen molar-refractivity contribution in [3.8, 4) is 5.75 Å². The molecule has 1 aliphatic carbocycles. The van der Waals surface area contributed by atoms with Crippen LogP contribution in [0.15, 0.2) is 29.8 Å². The summed E-state index contributed by atoms with van der Waals surface area (Å²) in [4.78, 5) is 0. The number of hydrogen-bond donors (Lipinski definition) is 1. The lowest BCUT2D eigenvalue weighted by Gasteiger charge is -2.08. The van der Waals surface area contributed by atoms with Gasteiger partial charge >= 0.3 is 0 Å². The summed E-state index contributed by atoms with van der Waals surface area (Å²) in [5.41, 5.74) is 2.74. The van der Waals surface area contributed by atoms with E-state index in [9.17, 15) is 0 Å². The van der Waals surface area contributed by atoms with Gasteiger partial charge < -0.3 is 10.1 Å². The molecule has 0 heterocycles. The largest absolute Gasteiger partial charge is 0.494 e. The van der Waals surface area contributed by atoms with Crippen molar-refractivity contribution in [3.63, 3.8) is 0 Å². The Labute approximate surface area is 123 Å². The Morgan fingerprint density at radius 1 is 1.25 bits per heavy atom. The van der Waals surface area contributed by atoms with Crippen LogP contribution in [0.25, 0.3) is 6.08 Å². The van der Waals surface area contributed by atoms with Crippen molar-refractivity contribution in [2.75, 3.05) is 13.2 Å². The summed E-state index contributed by atoms with van der Waals surface area (Å²) in [7, 11) is 0. The highest BCUT2D eigenvalue weighted by Crippen LogP contribution is 2.20. The molecule has 0 aromatic heterocycles. The van der Waals surface area contributed by atoms with E-state index < -0.39 is 0 Å². The molecule has 1 aliphatic rings. The van der Waals surface area contributed by atoms with Gasteiger partial charge in [0.2, 0.25) is 0 Å². The molecule has 1 N–H and O–H groups in total. The molecule has 2 heteroatoms. The first-order valence-electron chi connectivity index (χ1n) is 7.97. The third-order valence-electron chi connectivity index (χ3n) is 3.67. The van der Waals surface area contributed by atoms with E-state index in [1.807, 2.05) is 0 Å². The first-order chi connectivity index (χ1) is 9.81. The molecule has 0 atom stereocenters. The fourth-order valence-electron chi connectivity index (χ4n) is 2.07. The van der Waals surface area contributed by atoms with Crippen LogP contribution in [0.2, 0.25) is 0 Å². The molecular formula is C18H27NO. The minimum absolute atomic E-state index is 0.777. The standard InChI is InChI=1S/C18H27NO/c1-3-5-12-20-18-10-6-16(7-11-18)13-15(4-2)14-19-17-8-9-17/h6-7,10-11,13,17,19H,3-5,8-9,12,14H2,1-2H3. The SMILES string of the molecule is CCCCOc1ccc(C=C(CC)CNC2CC2)cc1. The fourth-order valence-corrected chi connectivity index (χ4v) is 2.07. The highest BCUT2D eigenvalue weighted by Gasteiger charge is 2.19. The molecule has 0 aliphatic heterocycles. The van der Waals surface area contributed by atoms with E-state index in [4.69, 9.17) is 4.74 Å². The maximum absolute atomic E-state index is 5.69. The third-order valence-corrected chi connectivity index (χ3v) is 3.67. The van der Waals surface area contributed by atoms with Gasteiger partial charge in [0.25, 0.3) is 0 Å². The molecule has 110 valence electrons. The molecule has 2 nitrogen and oxygen atoms in total. The van der Waals surface area contributed by atoms with Crippen molar-refractivity contribution >= 4 is 6.08 Å². The predicted molar refractivity (Wildman–Crippen MR) is 86.1 cm³/mol.